The van der Waals surface area contributed by atoms with Crippen LogP contribution in [0.4, 0.5) is 17.1 Å². The average molecular weight is 436 g/mol. The third-order valence-corrected chi connectivity index (χ3v) is 4.25. The molecule has 2 rings (SSSR count). The lowest BCUT2D eigenvalue weighted by atomic mass is 10.1. The first-order valence-electron chi connectivity index (χ1n) is 8.01. The van der Waals surface area contributed by atoms with E-state index in [4.69, 9.17) is 4.74 Å². The third-order valence-electron chi connectivity index (χ3n) is 3.72. The van der Waals surface area contributed by atoms with Gasteiger partial charge < -0.3 is 15.4 Å². The Morgan fingerprint density at radius 2 is 1.89 bits per heavy atom. The number of hydrogen-bond donors (Lipinski definition) is 2. The molecule has 1 atom stereocenters. The van der Waals surface area contributed by atoms with Gasteiger partial charge >= 0.3 is 5.97 Å². The van der Waals surface area contributed by atoms with Crippen LogP contribution in [0.25, 0.3) is 0 Å². The van der Waals surface area contributed by atoms with Crippen LogP contribution in [0.15, 0.2) is 46.9 Å². The predicted molar refractivity (Wildman–Crippen MR) is 105 cm³/mol. The Morgan fingerprint density at radius 3 is 2.52 bits per heavy atom. The number of nitro groups is 1. The van der Waals surface area contributed by atoms with Crippen molar-refractivity contribution in [1.82, 2.24) is 0 Å². The quantitative estimate of drug-likeness (QED) is 0.390. The first-order valence-corrected chi connectivity index (χ1v) is 8.81. The van der Waals surface area contributed by atoms with E-state index in [-0.39, 0.29) is 12.2 Å². The molecule has 9 heteroatoms. The number of anilines is 2. The number of rotatable bonds is 7. The number of nitro benzene ring substituents is 1. The second-order valence-corrected chi connectivity index (χ2v) is 6.60. The zero-order valence-corrected chi connectivity index (χ0v) is 16.3. The summed E-state index contributed by atoms with van der Waals surface area (Å²) in [7, 11) is 0. The van der Waals surface area contributed by atoms with E-state index in [0.717, 1.165) is 10.2 Å². The van der Waals surface area contributed by atoms with Crippen LogP contribution in [0.1, 0.15) is 12.5 Å². The van der Waals surface area contributed by atoms with Crippen molar-refractivity contribution in [3.8, 4) is 0 Å². The molecule has 0 saturated heterocycles. The summed E-state index contributed by atoms with van der Waals surface area (Å²) in [6.45, 7) is 2.86. The number of carbonyl (C=O) groups excluding carboxylic acids is 2. The van der Waals surface area contributed by atoms with Gasteiger partial charge in [0.15, 0.2) is 6.10 Å². The van der Waals surface area contributed by atoms with E-state index in [2.05, 4.69) is 26.6 Å². The number of nitrogens with zero attached hydrogens (tertiary/aromatic N) is 1. The molecule has 1 amide bonds. The SMILES string of the molecule is Cc1c(NC(=O)[C@@H](C)OC(=O)CNc2ccc(Br)cc2)cccc1[N+](=O)[O-]. The fourth-order valence-electron chi connectivity index (χ4n) is 2.23. The van der Waals surface area contributed by atoms with Crippen molar-refractivity contribution in [1.29, 1.82) is 0 Å². The molecule has 2 aromatic rings. The fourth-order valence-corrected chi connectivity index (χ4v) is 2.49. The van der Waals surface area contributed by atoms with Gasteiger partial charge in [-0.15, -0.1) is 0 Å². The minimum Gasteiger partial charge on any atom is -0.451 e. The molecule has 8 nitrogen and oxygen atoms in total. The van der Waals surface area contributed by atoms with E-state index >= 15 is 0 Å². The highest BCUT2D eigenvalue weighted by Gasteiger charge is 2.20. The summed E-state index contributed by atoms with van der Waals surface area (Å²) in [5.41, 5.74) is 1.26. The van der Waals surface area contributed by atoms with Gasteiger partial charge in [-0.05, 0) is 44.2 Å². The summed E-state index contributed by atoms with van der Waals surface area (Å²) in [4.78, 5) is 34.5. The molecule has 0 bridgehead atoms. The van der Waals surface area contributed by atoms with Gasteiger partial charge in [-0.1, -0.05) is 22.0 Å². The maximum absolute atomic E-state index is 12.2. The van der Waals surface area contributed by atoms with Gasteiger partial charge in [0.25, 0.3) is 11.6 Å². The predicted octanol–water partition coefficient (Wildman–Crippen LogP) is 3.65. The minimum absolute atomic E-state index is 0.101. The number of esters is 1. The second-order valence-electron chi connectivity index (χ2n) is 5.69. The highest BCUT2D eigenvalue weighted by Crippen LogP contribution is 2.25. The normalized spacial score (nSPS) is 11.4. The molecule has 0 aromatic heterocycles. The van der Waals surface area contributed by atoms with Crippen molar-refractivity contribution in [3.05, 3.63) is 62.6 Å². The Balaban J connectivity index is 1.89. The third kappa shape index (κ3) is 5.78. The van der Waals surface area contributed by atoms with Crippen LogP contribution in [-0.4, -0.2) is 29.4 Å². The highest BCUT2D eigenvalue weighted by atomic mass is 79.9. The molecule has 0 fully saturated rings. The van der Waals surface area contributed by atoms with Gasteiger partial charge in [0.1, 0.15) is 6.54 Å². The molecular formula is C18H18BrN3O5. The van der Waals surface area contributed by atoms with Crippen LogP contribution >= 0.6 is 15.9 Å². The standard InChI is InChI=1S/C18H18BrN3O5/c1-11-15(4-3-5-16(11)22(25)26)21-18(24)12(2)27-17(23)10-20-14-8-6-13(19)7-9-14/h3-9,12,20H,10H2,1-2H3,(H,21,24)/t12-/m1/s1. The maximum Gasteiger partial charge on any atom is 0.326 e. The second kappa shape index (κ2) is 9.13. The molecule has 0 radical (unpaired) electrons. The van der Waals surface area contributed by atoms with Gasteiger partial charge in [-0.2, -0.15) is 0 Å². The Labute approximate surface area is 164 Å². The summed E-state index contributed by atoms with van der Waals surface area (Å²) in [6.07, 6.45) is -1.05. The number of ether oxygens (including phenoxy) is 1. The maximum atomic E-state index is 12.2. The van der Waals surface area contributed by atoms with E-state index in [1.807, 2.05) is 12.1 Å². The van der Waals surface area contributed by atoms with Crippen LogP contribution in [-0.2, 0) is 14.3 Å². The van der Waals surface area contributed by atoms with Crippen molar-refractivity contribution in [2.75, 3.05) is 17.2 Å². The Bertz CT molecular complexity index is 855. The van der Waals surface area contributed by atoms with Crippen molar-refractivity contribution in [2.45, 2.75) is 20.0 Å². The zero-order chi connectivity index (χ0) is 20.0. The van der Waals surface area contributed by atoms with Gasteiger partial charge in [0, 0.05) is 16.2 Å². The first-order chi connectivity index (χ1) is 12.8. The van der Waals surface area contributed by atoms with Crippen LogP contribution in [0, 0.1) is 17.0 Å². The van der Waals surface area contributed by atoms with E-state index in [9.17, 15) is 19.7 Å². The fraction of sp³-hybridized carbons (Fsp3) is 0.222. The average Bonchev–Trinajstić information content (AvgIpc) is 2.62. The molecule has 0 unspecified atom stereocenters. The van der Waals surface area contributed by atoms with Crippen molar-refractivity contribution >= 4 is 44.9 Å². The number of amides is 1. The number of halogens is 1. The molecule has 142 valence electrons. The summed E-state index contributed by atoms with van der Waals surface area (Å²) in [6, 6.07) is 11.6. The summed E-state index contributed by atoms with van der Waals surface area (Å²) < 4.78 is 6.00. The number of hydrogen-bond acceptors (Lipinski definition) is 6. The smallest absolute Gasteiger partial charge is 0.326 e. The number of benzene rings is 2. The monoisotopic (exact) mass is 435 g/mol. The van der Waals surface area contributed by atoms with Gasteiger partial charge in [0.05, 0.1) is 16.2 Å². The van der Waals surface area contributed by atoms with Crippen molar-refractivity contribution < 1.29 is 19.2 Å². The topological polar surface area (TPSA) is 111 Å². The lowest BCUT2D eigenvalue weighted by Crippen LogP contribution is -2.32. The number of carbonyl (C=O) groups is 2. The van der Waals surface area contributed by atoms with Crippen LogP contribution in [0.5, 0.6) is 0 Å². The summed E-state index contributed by atoms with van der Waals surface area (Å²) in [5, 5.41) is 16.4. The number of nitrogens with one attached hydrogen (secondary N) is 2. The van der Waals surface area contributed by atoms with E-state index in [1.54, 1.807) is 18.2 Å². The van der Waals surface area contributed by atoms with E-state index in [1.165, 1.54) is 26.0 Å². The van der Waals surface area contributed by atoms with E-state index < -0.39 is 22.9 Å². The molecule has 0 aliphatic rings. The van der Waals surface area contributed by atoms with Crippen molar-refractivity contribution in [2.24, 2.45) is 0 Å². The van der Waals surface area contributed by atoms with Gasteiger partial charge in [-0.25, -0.2) is 0 Å². The molecule has 27 heavy (non-hydrogen) atoms. The Morgan fingerprint density at radius 1 is 1.22 bits per heavy atom. The van der Waals surface area contributed by atoms with Crippen LogP contribution in [0.2, 0.25) is 0 Å². The van der Waals surface area contributed by atoms with Crippen LogP contribution in [0.3, 0.4) is 0 Å². The van der Waals surface area contributed by atoms with Gasteiger partial charge in [0.2, 0.25) is 0 Å². The lowest BCUT2D eigenvalue weighted by Gasteiger charge is -2.15. The molecule has 0 aliphatic heterocycles. The summed E-state index contributed by atoms with van der Waals surface area (Å²) in [5.74, 6) is -1.17. The molecule has 0 spiro atoms. The minimum atomic E-state index is -1.05. The summed E-state index contributed by atoms with van der Waals surface area (Å²) >= 11 is 3.32. The molecule has 0 aliphatic carbocycles. The molecule has 2 N–H and O–H groups in total. The Hall–Kier alpha value is -2.94. The van der Waals surface area contributed by atoms with E-state index in [0.29, 0.717) is 11.3 Å². The van der Waals surface area contributed by atoms with Gasteiger partial charge in [-0.3, -0.25) is 19.7 Å². The lowest BCUT2D eigenvalue weighted by molar-refractivity contribution is -0.385. The largest absolute Gasteiger partial charge is 0.451 e. The zero-order valence-electron chi connectivity index (χ0n) is 14.7. The molecule has 2 aromatic carbocycles. The first kappa shape index (κ1) is 20.4. The molecule has 0 heterocycles. The van der Waals surface area contributed by atoms with Crippen LogP contribution < -0.4 is 10.6 Å². The Kier molecular flexibility index (Phi) is 6.89. The highest BCUT2D eigenvalue weighted by molar-refractivity contribution is 9.10. The molecular weight excluding hydrogens is 418 g/mol. The molecule has 0 saturated carbocycles. The van der Waals surface area contributed by atoms with Crippen molar-refractivity contribution in [3.63, 3.8) is 0 Å².